The van der Waals surface area contributed by atoms with Gasteiger partial charge in [0.1, 0.15) is 12.0 Å². The van der Waals surface area contributed by atoms with Crippen LogP contribution in [-0.4, -0.2) is 35.6 Å². The molecule has 1 aromatic carbocycles. The summed E-state index contributed by atoms with van der Waals surface area (Å²) in [7, 11) is 0. The molecule has 1 heterocycles. The van der Waals surface area contributed by atoms with E-state index in [1.807, 2.05) is 0 Å². The first kappa shape index (κ1) is 11.5. The third kappa shape index (κ3) is 2.08. The van der Waals surface area contributed by atoms with E-state index in [4.69, 9.17) is 14.9 Å². The number of aliphatic hydroxyl groups is 2. The minimum atomic E-state index is -0.836. The van der Waals surface area contributed by atoms with Crippen LogP contribution < -0.4 is 5.32 Å². The highest BCUT2D eigenvalue weighted by atomic mass is 19.1. The van der Waals surface area contributed by atoms with Gasteiger partial charge in [-0.2, -0.15) is 0 Å². The topological polar surface area (TPSA) is 61.7 Å². The van der Waals surface area contributed by atoms with E-state index in [1.165, 1.54) is 12.1 Å². The first-order chi connectivity index (χ1) is 7.69. The second kappa shape index (κ2) is 4.47. The lowest BCUT2D eigenvalue weighted by Gasteiger charge is -2.23. The Hall–Kier alpha value is -1.01. The zero-order chi connectivity index (χ0) is 11.6. The van der Waals surface area contributed by atoms with Crippen molar-refractivity contribution >= 4 is 0 Å². The van der Waals surface area contributed by atoms with Crippen LogP contribution in [0.15, 0.2) is 24.3 Å². The summed E-state index contributed by atoms with van der Waals surface area (Å²) in [6.45, 7) is -0.258. The van der Waals surface area contributed by atoms with Crippen molar-refractivity contribution in [1.82, 2.24) is 5.32 Å². The predicted octanol–water partition coefficient (Wildman–Crippen LogP) is 0.167. The quantitative estimate of drug-likeness (QED) is 0.688. The zero-order valence-corrected chi connectivity index (χ0v) is 8.69. The summed E-state index contributed by atoms with van der Waals surface area (Å²) in [6.07, 6.45) is -0.491. The summed E-state index contributed by atoms with van der Waals surface area (Å²) in [5, 5.41) is 21.3. The van der Waals surface area contributed by atoms with E-state index in [9.17, 15) is 4.39 Å². The Kier molecular flexibility index (Phi) is 3.20. The van der Waals surface area contributed by atoms with Crippen LogP contribution in [0.1, 0.15) is 11.8 Å². The number of nitrogens with one attached hydrogen (secondary N) is 1. The van der Waals surface area contributed by atoms with Crippen molar-refractivity contribution in [3.63, 3.8) is 0 Å². The first-order valence-electron chi connectivity index (χ1n) is 5.06. The Bertz CT molecular complexity index is 368. The van der Waals surface area contributed by atoms with Gasteiger partial charge in [0.05, 0.1) is 25.4 Å². The van der Waals surface area contributed by atoms with Crippen LogP contribution in [0.4, 0.5) is 4.39 Å². The highest BCUT2D eigenvalue weighted by Gasteiger charge is 2.39. The molecule has 1 aliphatic heterocycles. The molecule has 0 aliphatic carbocycles. The molecule has 0 saturated carbocycles. The van der Waals surface area contributed by atoms with Crippen LogP contribution in [0.5, 0.6) is 0 Å². The highest BCUT2D eigenvalue weighted by molar-refractivity contribution is 5.20. The molecular weight excluding hydrogens is 213 g/mol. The van der Waals surface area contributed by atoms with Gasteiger partial charge in [-0.15, -0.1) is 0 Å². The second-order valence-corrected chi connectivity index (χ2v) is 3.99. The minimum Gasteiger partial charge on any atom is -0.394 e. The molecule has 0 amide bonds. The van der Waals surface area contributed by atoms with E-state index >= 15 is 0 Å². The lowest BCUT2D eigenvalue weighted by atomic mass is 10.0. The van der Waals surface area contributed by atoms with E-state index in [0.717, 1.165) is 0 Å². The molecule has 0 bridgehead atoms. The molecule has 1 aromatic rings. The van der Waals surface area contributed by atoms with Crippen LogP contribution in [0.25, 0.3) is 0 Å². The molecule has 0 spiro atoms. The first-order valence-corrected chi connectivity index (χ1v) is 5.06. The van der Waals surface area contributed by atoms with Crippen molar-refractivity contribution in [3.05, 3.63) is 35.6 Å². The molecule has 0 aromatic heterocycles. The molecule has 1 atom stereocenters. The molecule has 4 nitrogen and oxygen atoms in total. The van der Waals surface area contributed by atoms with Gasteiger partial charge in [-0.3, -0.25) is 5.32 Å². The van der Waals surface area contributed by atoms with E-state index in [0.29, 0.717) is 5.56 Å². The van der Waals surface area contributed by atoms with Gasteiger partial charge in [0.2, 0.25) is 0 Å². The molecule has 1 aliphatic rings. The fourth-order valence-corrected chi connectivity index (χ4v) is 1.69. The fraction of sp³-hybridized carbons (Fsp3) is 0.455. The van der Waals surface area contributed by atoms with Gasteiger partial charge in [0, 0.05) is 0 Å². The van der Waals surface area contributed by atoms with E-state index in [2.05, 4.69) is 5.32 Å². The van der Waals surface area contributed by atoms with Crippen molar-refractivity contribution in [2.75, 3.05) is 19.8 Å². The highest BCUT2D eigenvalue weighted by Crippen LogP contribution is 2.26. The molecular formula is C11H14FNO3. The van der Waals surface area contributed by atoms with Crippen LogP contribution in [0.2, 0.25) is 0 Å². The van der Waals surface area contributed by atoms with Gasteiger partial charge in [-0.1, -0.05) is 12.1 Å². The van der Waals surface area contributed by atoms with E-state index < -0.39 is 11.8 Å². The Morgan fingerprint density at radius 1 is 1.44 bits per heavy atom. The Morgan fingerprint density at radius 3 is 2.75 bits per heavy atom. The van der Waals surface area contributed by atoms with Crippen molar-refractivity contribution in [1.29, 1.82) is 0 Å². The smallest absolute Gasteiger partial charge is 0.135 e. The average molecular weight is 227 g/mol. The molecule has 1 unspecified atom stereocenters. The number of halogens is 1. The van der Waals surface area contributed by atoms with Crippen molar-refractivity contribution in [2.45, 2.75) is 11.8 Å². The molecule has 88 valence electrons. The summed E-state index contributed by atoms with van der Waals surface area (Å²) >= 11 is 0. The van der Waals surface area contributed by atoms with Crippen LogP contribution in [0, 0.1) is 5.82 Å². The van der Waals surface area contributed by atoms with Gasteiger partial charge in [0.25, 0.3) is 0 Å². The van der Waals surface area contributed by atoms with Crippen molar-refractivity contribution < 1.29 is 19.3 Å². The van der Waals surface area contributed by atoms with Crippen molar-refractivity contribution in [3.8, 4) is 0 Å². The molecule has 1 fully saturated rings. The standard InChI is InChI=1S/C11H14FNO3/c12-9-3-1-2-8(4-9)10-13-11(5-14,6-15)7-16-10/h1-4,10,13-15H,5-7H2. The number of hydrogen-bond donors (Lipinski definition) is 3. The van der Waals surface area contributed by atoms with Crippen LogP contribution >= 0.6 is 0 Å². The van der Waals surface area contributed by atoms with Crippen LogP contribution in [-0.2, 0) is 4.74 Å². The maximum Gasteiger partial charge on any atom is 0.135 e. The molecule has 2 rings (SSSR count). The number of rotatable bonds is 3. The van der Waals surface area contributed by atoms with E-state index in [1.54, 1.807) is 12.1 Å². The Morgan fingerprint density at radius 2 is 2.19 bits per heavy atom. The number of benzene rings is 1. The maximum atomic E-state index is 13.0. The molecule has 5 heteroatoms. The number of aliphatic hydroxyl groups excluding tert-OH is 2. The number of hydrogen-bond acceptors (Lipinski definition) is 4. The monoisotopic (exact) mass is 227 g/mol. The number of ether oxygens (including phenoxy) is 1. The van der Waals surface area contributed by atoms with Gasteiger partial charge in [-0.05, 0) is 17.7 Å². The third-order valence-corrected chi connectivity index (χ3v) is 2.72. The summed E-state index contributed by atoms with van der Waals surface area (Å²) in [5.41, 5.74) is -0.194. The van der Waals surface area contributed by atoms with E-state index in [-0.39, 0.29) is 25.6 Å². The molecule has 0 radical (unpaired) electrons. The average Bonchev–Trinajstić information content (AvgIpc) is 2.74. The summed E-state index contributed by atoms with van der Waals surface area (Å²) in [6, 6.07) is 6.03. The Balaban J connectivity index is 2.14. The zero-order valence-electron chi connectivity index (χ0n) is 8.69. The normalized spacial score (nSPS) is 23.6. The molecule has 16 heavy (non-hydrogen) atoms. The van der Waals surface area contributed by atoms with Crippen LogP contribution in [0.3, 0.4) is 0 Å². The largest absolute Gasteiger partial charge is 0.394 e. The third-order valence-electron chi connectivity index (χ3n) is 2.72. The lowest BCUT2D eigenvalue weighted by Crippen LogP contribution is -2.49. The van der Waals surface area contributed by atoms with Gasteiger partial charge < -0.3 is 14.9 Å². The second-order valence-electron chi connectivity index (χ2n) is 3.99. The minimum absolute atomic E-state index is 0.196. The maximum absolute atomic E-state index is 13.0. The summed E-state index contributed by atoms with van der Waals surface area (Å²) in [4.78, 5) is 0. The lowest BCUT2D eigenvalue weighted by molar-refractivity contribution is 0.0759. The van der Waals surface area contributed by atoms with Gasteiger partial charge >= 0.3 is 0 Å². The summed E-state index contributed by atoms with van der Waals surface area (Å²) < 4.78 is 18.4. The SMILES string of the molecule is OCC1(CO)COC(c2cccc(F)c2)N1. The van der Waals surface area contributed by atoms with Gasteiger partial charge in [-0.25, -0.2) is 4.39 Å². The van der Waals surface area contributed by atoms with Crippen molar-refractivity contribution in [2.24, 2.45) is 0 Å². The summed E-state index contributed by atoms with van der Waals surface area (Å²) in [5.74, 6) is -0.339. The molecule has 1 saturated heterocycles. The Labute approximate surface area is 92.7 Å². The predicted molar refractivity (Wildman–Crippen MR) is 55.1 cm³/mol. The fourth-order valence-electron chi connectivity index (χ4n) is 1.69. The molecule has 3 N–H and O–H groups in total. The van der Waals surface area contributed by atoms with Gasteiger partial charge in [0.15, 0.2) is 0 Å².